The SMILES string of the molecule is FC(F)(Br)n1cnc(Br)n1. The van der Waals surface area contributed by atoms with E-state index in [0.717, 1.165) is 6.33 Å². The minimum absolute atomic E-state index is 0.131. The van der Waals surface area contributed by atoms with Gasteiger partial charge in [0.05, 0.1) is 0 Å². The molecule has 0 amide bonds. The lowest BCUT2D eigenvalue weighted by molar-refractivity contribution is 0.0194. The number of rotatable bonds is 1. The highest BCUT2D eigenvalue weighted by atomic mass is 79.9. The van der Waals surface area contributed by atoms with Crippen LogP contribution in [-0.2, 0) is 4.96 Å². The van der Waals surface area contributed by atoms with E-state index in [9.17, 15) is 8.78 Å². The summed E-state index contributed by atoms with van der Waals surface area (Å²) in [4.78, 5) is 0.281. The highest BCUT2D eigenvalue weighted by molar-refractivity contribution is 9.10. The van der Waals surface area contributed by atoms with Crippen molar-refractivity contribution in [3.8, 4) is 0 Å². The molecule has 0 N–H and O–H groups in total. The molecular weight excluding hydrogens is 276 g/mol. The maximum Gasteiger partial charge on any atom is 0.402 e. The van der Waals surface area contributed by atoms with Gasteiger partial charge in [0.15, 0.2) is 0 Å². The van der Waals surface area contributed by atoms with Crippen LogP contribution in [-0.4, -0.2) is 14.8 Å². The fourth-order valence-corrected chi connectivity index (χ4v) is 0.798. The van der Waals surface area contributed by atoms with Crippen molar-refractivity contribution >= 4 is 31.9 Å². The number of alkyl halides is 3. The van der Waals surface area contributed by atoms with Gasteiger partial charge in [-0.25, -0.2) is 4.98 Å². The predicted octanol–water partition coefficient (Wildman–Crippen LogP) is 1.94. The Kier molecular flexibility index (Phi) is 2.04. The van der Waals surface area contributed by atoms with Gasteiger partial charge in [0.1, 0.15) is 6.33 Å². The van der Waals surface area contributed by atoms with Gasteiger partial charge in [-0.05, 0) is 15.9 Å². The molecule has 0 radical (unpaired) electrons. The van der Waals surface area contributed by atoms with Crippen molar-refractivity contribution in [3.05, 3.63) is 11.1 Å². The van der Waals surface area contributed by atoms with Crippen LogP contribution >= 0.6 is 31.9 Å². The smallest absolute Gasteiger partial charge is 0.209 e. The zero-order chi connectivity index (χ0) is 7.78. The summed E-state index contributed by atoms with van der Waals surface area (Å²) >= 11 is 4.93. The van der Waals surface area contributed by atoms with Crippen molar-refractivity contribution < 1.29 is 8.78 Å². The number of nitrogens with zero attached hydrogens (tertiary/aromatic N) is 3. The highest BCUT2D eigenvalue weighted by Gasteiger charge is 2.27. The first kappa shape index (κ1) is 8.06. The van der Waals surface area contributed by atoms with Crippen LogP contribution in [0.2, 0.25) is 0 Å². The second kappa shape index (κ2) is 2.54. The first-order chi connectivity index (χ1) is 4.50. The number of aromatic nitrogens is 3. The van der Waals surface area contributed by atoms with E-state index in [1.54, 1.807) is 0 Å². The molecule has 0 saturated carbocycles. The molecule has 1 aromatic heterocycles. The van der Waals surface area contributed by atoms with E-state index in [1.165, 1.54) is 0 Å². The Bertz CT molecular complexity index is 230. The summed E-state index contributed by atoms with van der Waals surface area (Å²) in [5, 5.41) is 3.31. The molecule has 0 aromatic carbocycles. The maximum absolute atomic E-state index is 12.2. The lowest BCUT2D eigenvalue weighted by Crippen LogP contribution is -2.14. The predicted molar refractivity (Wildman–Crippen MR) is 36.8 cm³/mol. The lowest BCUT2D eigenvalue weighted by Gasteiger charge is -2.04. The van der Waals surface area contributed by atoms with Crippen LogP contribution in [0.1, 0.15) is 0 Å². The number of hydrogen-bond donors (Lipinski definition) is 0. The Morgan fingerprint density at radius 2 is 2.20 bits per heavy atom. The Morgan fingerprint density at radius 1 is 1.60 bits per heavy atom. The fourth-order valence-electron chi connectivity index (χ4n) is 0.365. The van der Waals surface area contributed by atoms with E-state index in [2.05, 4.69) is 41.9 Å². The Balaban J connectivity index is 2.96. The van der Waals surface area contributed by atoms with Crippen molar-refractivity contribution in [3.63, 3.8) is 0 Å². The van der Waals surface area contributed by atoms with Gasteiger partial charge in [-0.1, -0.05) is 0 Å². The van der Waals surface area contributed by atoms with Crippen molar-refractivity contribution in [1.82, 2.24) is 14.8 Å². The van der Waals surface area contributed by atoms with E-state index in [-0.39, 0.29) is 4.73 Å². The van der Waals surface area contributed by atoms with E-state index in [0.29, 0.717) is 4.68 Å². The van der Waals surface area contributed by atoms with E-state index >= 15 is 0 Å². The molecule has 0 spiro atoms. The first-order valence-electron chi connectivity index (χ1n) is 2.14. The van der Waals surface area contributed by atoms with Crippen molar-refractivity contribution in [2.75, 3.05) is 0 Å². The fraction of sp³-hybridized carbons (Fsp3) is 0.333. The average Bonchev–Trinajstić information content (AvgIpc) is 2.11. The standard InChI is InChI=1S/C3HBr2F2N3/c4-2-8-1-10(9-2)3(5,6)7/h1H. The van der Waals surface area contributed by atoms with E-state index in [1.807, 2.05) is 0 Å². The third kappa shape index (κ3) is 1.72. The zero-order valence-corrected chi connectivity index (χ0v) is 7.60. The second-order valence-corrected chi connectivity index (χ2v) is 3.09. The summed E-state index contributed by atoms with van der Waals surface area (Å²) in [7, 11) is 0. The van der Waals surface area contributed by atoms with E-state index < -0.39 is 4.96 Å². The van der Waals surface area contributed by atoms with Gasteiger partial charge < -0.3 is 0 Å². The first-order valence-corrected chi connectivity index (χ1v) is 3.73. The van der Waals surface area contributed by atoms with Gasteiger partial charge in [-0.3, -0.25) is 0 Å². The van der Waals surface area contributed by atoms with Gasteiger partial charge in [0, 0.05) is 15.9 Å². The van der Waals surface area contributed by atoms with Gasteiger partial charge in [-0.15, -0.1) is 5.10 Å². The highest BCUT2D eigenvalue weighted by Crippen LogP contribution is 2.26. The van der Waals surface area contributed by atoms with Gasteiger partial charge in [0.25, 0.3) is 0 Å². The van der Waals surface area contributed by atoms with Gasteiger partial charge >= 0.3 is 4.96 Å². The van der Waals surface area contributed by atoms with Crippen molar-refractivity contribution in [1.29, 1.82) is 0 Å². The maximum atomic E-state index is 12.2. The van der Waals surface area contributed by atoms with Gasteiger partial charge in [0.2, 0.25) is 4.73 Å². The molecule has 0 aliphatic heterocycles. The Hall–Kier alpha value is -0.0400. The third-order valence-corrected chi connectivity index (χ3v) is 1.45. The zero-order valence-electron chi connectivity index (χ0n) is 4.43. The van der Waals surface area contributed by atoms with Crippen LogP contribution in [0.3, 0.4) is 0 Å². The number of hydrogen-bond acceptors (Lipinski definition) is 2. The minimum atomic E-state index is -3.16. The summed E-state index contributed by atoms with van der Waals surface area (Å²) in [6, 6.07) is 0. The molecule has 0 aliphatic carbocycles. The van der Waals surface area contributed by atoms with E-state index in [4.69, 9.17) is 0 Å². The van der Waals surface area contributed by atoms with Crippen LogP contribution < -0.4 is 0 Å². The summed E-state index contributed by atoms with van der Waals surface area (Å²) in [6.45, 7) is 0. The minimum Gasteiger partial charge on any atom is -0.209 e. The topological polar surface area (TPSA) is 30.7 Å². The molecule has 1 rings (SSSR count). The molecule has 0 atom stereocenters. The molecule has 0 bridgehead atoms. The van der Waals surface area contributed by atoms with Crippen molar-refractivity contribution in [2.45, 2.75) is 4.96 Å². The molecule has 1 heterocycles. The lowest BCUT2D eigenvalue weighted by atomic mass is 11.1. The summed E-state index contributed by atoms with van der Waals surface area (Å²) in [5.74, 6) is 0. The Morgan fingerprint density at radius 3 is 2.40 bits per heavy atom. The summed E-state index contributed by atoms with van der Waals surface area (Å²) in [5.41, 5.74) is 0. The molecule has 3 nitrogen and oxygen atoms in total. The molecule has 10 heavy (non-hydrogen) atoms. The molecule has 0 fully saturated rings. The van der Waals surface area contributed by atoms with Crippen LogP contribution in [0.25, 0.3) is 0 Å². The van der Waals surface area contributed by atoms with Crippen molar-refractivity contribution in [2.24, 2.45) is 0 Å². The summed E-state index contributed by atoms with van der Waals surface area (Å²) in [6.07, 6.45) is 0.916. The molecular formula is C3HBr2F2N3. The molecule has 0 saturated heterocycles. The van der Waals surface area contributed by atoms with Crippen LogP contribution in [0.4, 0.5) is 8.78 Å². The van der Waals surface area contributed by atoms with Crippen LogP contribution in [0, 0.1) is 0 Å². The molecule has 7 heteroatoms. The average molecular weight is 277 g/mol. The van der Waals surface area contributed by atoms with Crippen LogP contribution in [0.5, 0.6) is 0 Å². The summed E-state index contributed by atoms with van der Waals surface area (Å²) < 4.78 is 25.0. The van der Waals surface area contributed by atoms with Gasteiger partial charge in [-0.2, -0.15) is 13.5 Å². The molecule has 0 unspecified atom stereocenters. The normalized spacial score (nSPS) is 12.0. The molecule has 0 aliphatic rings. The largest absolute Gasteiger partial charge is 0.402 e. The third-order valence-electron chi connectivity index (χ3n) is 0.724. The number of halogens is 4. The monoisotopic (exact) mass is 275 g/mol. The van der Waals surface area contributed by atoms with Crippen LogP contribution in [0.15, 0.2) is 11.1 Å². The second-order valence-electron chi connectivity index (χ2n) is 1.43. The molecule has 56 valence electrons. The Labute approximate surface area is 71.7 Å². The quantitative estimate of drug-likeness (QED) is 0.734. The molecule has 1 aromatic rings.